The van der Waals surface area contributed by atoms with Crippen LogP contribution in [0.1, 0.15) is 35.8 Å². The van der Waals surface area contributed by atoms with E-state index in [1.807, 2.05) is 12.1 Å². The van der Waals surface area contributed by atoms with Crippen LogP contribution in [0, 0.1) is 19.8 Å². The lowest BCUT2D eigenvalue weighted by molar-refractivity contribution is -0.120. The normalized spacial score (nSPS) is 17.1. The van der Waals surface area contributed by atoms with Gasteiger partial charge in [-0.3, -0.25) is 4.79 Å². The Balaban J connectivity index is 1.54. The molecule has 1 atom stereocenters. The summed E-state index contributed by atoms with van der Waals surface area (Å²) in [4.78, 5) is 26.6. The summed E-state index contributed by atoms with van der Waals surface area (Å²) in [6.07, 6.45) is 4.54. The van der Waals surface area contributed by atoms with Crippen LogP contribution in [-0.4, -0.2) is 29.0 Å². The third-order valence-electron chi connectivity index (χ3n) is 5.66. The van der Waals surface area contributed by atoms with E-state index in [0.717, 1.165) is 53.1 Å². The van der Waals surface area contributed by atoms with E-state index in [1.165, 1.54) is 10.4 Å². The molecular formula is C22H26N4OS. The van der Waals surface area contributed by atoms with Gasteiger partial charge in [0, 0.05) is 23.7 Å². The Bertz CT molecular complexity index is 1010. The van der Waals surface area contributed by atoms with Gasteiger partial charge in [0.15, 0.2) is 0 Å². The van der Waals surface area contributed by atoms with Gasteiger partial charge >= 0.3 is 0 Å². The van der Waals surface area contributed by atoms with E-state index >= 15 is 0 Å². The molecule has 1 fully saturated rings. The number of rotatable bonds is 4. The third-order valence-corrected chi connectivity index (χ3v) is 6.85. The first kappa shape index (κ1) is 18.9. The van der Waals surface area contributed by atoms with Crippen molar-refractivity contribution in [3.63, 3.8) is 0 Å². The van der Waals surface area contributed by atoms with Gasteiger partial charge in [-0.2, -0.15) is 0 Å². The van der Waals surface area contributed by atoms with Crippen molar-refractivity contribution in [3.8, 4) is 0 Å². The Morgan fingerprint density at radius 1 is 1.32 bits per heavy atom. The molecule has 0 spiro atoms. The minimum atomic E-state index is -0.0389. The first-order valence-corrected chi connectivity index (χ1v) is 10.7. The van der Waals surface area contributed by atoms with E-state index in [1.54, 1.807) is 17.7 Å². The molecule has 6 heteroatoms. The molecule has 2 aromatic heterocycles. The van der Waals surface area contributed by atoms with Crippen LogP contribution in [0.4, 0.5) is 11.5 Å². The van der Waals surface area contributed by atoms with Crippen LogP contribution in [0.15, 0.2) is 30.6 Å². The van der Waals surface area contributed by atoms with Crippen molar-refractivity contribution in [3.05, 3.63) is 46.6 Å². The molecular weight excluding hydrogens is 368 g/mol. The molecule has 0 bridgehead atoms. The highest BCUT2D eigenvalue weighted by molar-refractivity contribution is 7.18. The van der Waals surface area contributed by atoms with Crippen molar-refractivity contribution in [1.82, 2.24) is 9.97 Å². The molecule has 3 heterocycles. The zero-order valence-corrected chi connectivity index (χ0v) is 17.5. The SMILES string of the molecule is CCc1cc2c(N3CCCC(C(=O)Nc4cccc(C)c4C)C3)ncnc2s1. The molecule has 1 aliphatic rings. The van der Waals surface area contributed by atoms with Crippen molar-refractivity contribution in [1.29, 1.82) is 0 Å². The van der Waals surface area contributed by atoms with Crippen molar-refractivity contribution in [2.75, 3.05) is 23.3 Å². The number of nitrogens with one attached hydrogen (secondary N) is 1. The van der Waals surface area contributed by atoms with Crippen LogP contribution in [-0.2, 0) is 11.2 Å². The monoisotopic (exact) mass is 394 g/mol. The van der Waals surface area contributed by atoms with Gasteiger partial charge in [0.2, 0.25) is 5.91 Å². The third kappa shape index (κ3) is 3.61. The zero-order chi connectivity index (χ0) is 19.7. The number of piperidine rings is 1. The molecule has 146 valence electrons. The highest BCUT2D eigenvalue weighted by atomic mass is 32.1. The quantitative estimate of drug-likeness (QED) is 0.695. The number of carbonyl (C=O) groups is 1. The molecule has 1 saturated heterocycles. The highest BCUT2D eigenvalue weighted by Gasteiger charge is 2.28. The van der Waals surface area contributed by atoms with Gasteiger partial charge in [-0.25, -0.2) is 9.97 Å². The van der Waals surface area contributed by atoms with E-state index in [2.05, 4.69) is 53.1 Å². The highest BCUT2D eigenvalue weighted by Crippen LogP contribution is 2.33. The fourth-order valence-electron chi connectivity index (χ4n) is 3.82. The average Bonchev–Trinajstić information content (AvgIpc) is 3.15. The van der Waals surface area contributed by atoms with Gasteiger partial charge in [0.1, 0.15) is 17.0 Å². The average molecular weight is 395 g/mol. The summed E-state index contributed by atoms with van der Waals surface area (Å²) in [6, 6.07) is 8.24. The van der Waals surface area contributed by atoms with Crippen molar-refractivity contribution in [2.45, 2.75) is 40.0 Å². The summed E-state index contributed by atoms with van der Waals surface area (Å²) >= 11 is 1.73. The Morgan fingerprint density at radius 3 is 3.00 bits per heavy atom. The number of aryl methyl sites for hydroxylation is 2. The Hall–Kier alpha value is -2.47. The van der Waals surface area contributed by atoms with Gasteiger partial charge in [-0.1, -0.05) is 19.1 Å². The lowest BCUT2D eigenvalue weighted by Gasteiger charge is -2.33. The second kappa shape index (κ2) is 7.87. The molecule has 4 rings (SSSR count). The smallest absolute Gasteiger partial charge is 0.229 e. The summed E-state index contributed by atoms with van der Waals surface area (Å²) < 4.78 is 0. The van der Waals surface area contributed by atoms with Gasteiger partial charge in [0.25, 0.3) is 0 Å². The molecule has 1 aliphatic heterocycles. The maximum atomic E-state index is 13.0. The van der Waals surface area contributed by atoms with Crippen molar-refractivity contribution < 1.29 is 4.79 Å². The topological polar surface area (TPSA) is 58.1 Å². The molecule has 5 nitrogen and oxygen atoms in total. The molecule has 1 N–H and O–H groups in total. The first-order valence-electron chi connectivity index (χ1n) is 9.92. The maximum Gasteiger partial charge on any atom is 0.229 e. The molecule has 0 radical (unpaired) electrons. The van der Waals surface area contributed by atoms with E-state index in [9.17, 15) is 4.79 Å². The summed E-state index contributed by atoms with van der Waals surface area (Å²) in [5.74, 6) is 1.02. The number of anilines is 2. The van der Waals surface area contributed by atoms with Crippen molar-refractivity contribution in [2.24, 2.45) is 5.92 Å². The fourth-order valence-corrected chi connectivity index (χ4v) is 4.75. The Labute approximate surface area is 169 Å². The second-order valence-corrected chi connectivity index (χ2v) is 8.62. The lowest BCUT2D eigenvalue weighted by atomic mass is 9.96. The van der Waals surface area contributed by atoms with E-state index in [4.69, 9.17) is 0 Å². The van der Waals surface area contributed by atoms with Gasteiger partial charge in [-0.15, -0.1) is 11.3 Å². The lowest BCUT2D eigenvalue weighted by Crippen LogP contribution is -2.41. The Morgan fingerprint density at radius 2 is 2.18 bits per heavy atom. The van der Waals surface area contributed by atoms with Crippen LogP contribution >= 0.6 is 11.3 Å². The largest absolute Gasteiger partial charge is 0.355 e. The van der Waals surface area contributed by atoms with E-state index in [0.29, 0.717) is 6.54 Å². The molecule has 1 amide bonds. The van der Waals surface area contributed by atoms with Crippen LogP contribution in [0.25, 0.3) is 10.2 Å². The second-order valence-electron chi connectivity index (χ2n) is 7.50. The molecule has 0 saturated carbocycles. The molecule has 1 aromatic carbocycles. The summed E-state index contributed by atoms with van der Waals surface area (Å²) in [6.45, 7) is 7.90. The standard InChI is InChI=1S/C22H26N4OS/c1-4-17-11-18-20(23-13-24-22(18)28-17)26-10-6-8-16(12-26)21(27)25-19-9-5-7-14(2)15(19)3/h5,7,9,11,13,16H,4,6,8,10,12H2,1-3H3,(H,25,27). The predicted molar refractivity (Wildman–Crippen MR) is 116 cm³/mol. The number of carbonyl (C=O) groups excluding carboxylic acids is 1. The number of amides is 1. The summed E-state index contributed by atoms with van der Waals surface area (Å²) in [7, 11) is 0. The van der Waals surface area contributed by atoms with Crippen molar-refractivity contribution >= 4 is 39.0 Å². The van der Waals surface area contributed by atoms with E-state index in [-0.39, 0.29) is 11.8 Å². The summed E-state index contributed by atoms with van der Waals surface area (Å²) in [5.41, 5.74) is 3.24. The first-order chi connectivity index (χ1) is 13.6. The number of benzene rings is 1. The van der Waals surface area contributed by atoms with E-state index < -0.39 is 0 Å². The summed E-state index contributed by atoms with van der Waals surface area (Å²) in [5, 5.41) is 4.26. The number of thiophene rings is 1. The molecule has 3 aromatic rings. The predicted octanol–water partition coefficient (Wildman–Crippen LogP) is 4.73. The number of hydrogen-bond acceptors (Lipinski definition) is 5. The number of nitrogens with zero attached hydrogens (tertiary/aromatic N) is 3. The molecule has 1 unspecified atom stereocenters. The van der Waals surface area contributed by atoms with Crippen LogP contribution in [0.3, 0.4) is 0 Å². The zero-order valence-electron chi connectivity index (χ0n) is 16.7. The fraction of sp³-hybridized carbons (Fsp3) is 0.409. The number of fused-ring (bicyclic) bond motifs is 1. The number of hydrogen-bond donors (Lipinski definition) is 1. The van der Waals surface area contributed by atoms with Crippen LogP contribution in [0.2, 0.25) is 0 Å². The minimum Gasteiger partial charge on any atom is -0.355 e. The number of aromatic nitrogens is 2. The van der Waals surface area contributed by atoms with Gasteiger partial charge < -0.3 is 10.2 Å². The van der Waals surface area contributed by atoms with Gasteiger partial charge in [0.05, 0.1) is 11.3 Å². The maximum absolute atomic E-state index is 13.0. The van der Waals surface area contributed by atoms with Crippen LogP contribution in [0.5, 0.6) is 0 Å². The Kier molecular flexibility index (Phi) is 5.31. The molecule has 0 aliphatic carbocycles. The minimum absolute atomic E-state index is 0.0389. The molecule has 28 heavy (non-hydrogen) atoms. The van der Waals surface area contributed by atoms with Gasteiger partial charge in [-0.05, 0) is 56.4 Å². The van der Waals surface area contributed by atoms with Crippen LogP contribution < -0.4 is 10.2 Å².